The zero-order valence-corrected chi connectivity index (χ0v) is 18.8. The van der Waals surface area contributed by atoms with Gasteiger partial charge in [-0.3, -0.25) is 0 Å². The molecule has 2 rings (SSSR count). The van der Waals surface area contributed by atoms with Crippen LogP contribution in [0.15, 0.2) is 12.1 Å². The molecule has 16 heteroatoms. The average Bonchev–Trinajstić information content (AvgIpc) is 2.76. The lowest BCUT2D eigenvalue weighted by molar-refractivity contribution is -0.502. The molecule has 0 spiro atoms. The number of methoxy groups -OCH3 is 2. The molecule has 200 valence electrons. The van der Waals surface area contributed by atoms with E-state index in [4.69, 9.17) is 20.9 Å². The van der Waals surface area contributed by atoms with Gasteiger partial charge in [0.05, 0.1) is 19.8 Å². The Morgan fingerprint density at radius 3 is 1.75 bits per heavy atom. The molecular formula is C20H26N2O14. The van der Waals surface area contributed by atoms with Crippen molar-refractivity contribution in [1.82, 2.24) is 0 Å². The van der Waals surface area contributed by atoms with Crippen LogP contribution in [-0.4, -0.2) is 89.8 Å². The molecular weight excluding hydrogens is 492 g/mol. The van der Waals surface area contributed by atoms with Crippen LogP contribution in [0.25, 0.3) is 0 Å². The number of aromatic hydroxyl groups is 3. The van der Waals surface area contributed by atoms with Gasteiger partial charge in [0.2, 0.25) is 5.75 Å². The molecule has 36 heavy (non-hydrogen) atoms. The number of hydrogen-bond donors (Lipinski definition) is 12. The standard InChI is InChI=1S/C20H26N2O14/c1-34-12(23)6-36-7-3-10(21)8(11(22)4-7)5-9-14(24)13(17(35-2)16(26)15(9)25)18(27,19(28,29)30)20(31,32)33/h3-4,24-33H,5-6,21-22H2,1-2H3. The van der Waals surface area contributed by atoms with Gasteiger partial charge < -0.3 is 76.7 Å². The Balaban J connectivity index is 2.75. The van der Waals surface area contributed by atoms with E-state index in [1.165, 1.54) is 12.1 Å². The van der Waals surface area contributed by atoms with Crippen molar-refractivity contribution in [2.75, 3.05) is 32.3 Å². The van der Waals surface area contributed by atoms with Crippen LogP contribution in [0.5, 0.6) is 28.7 Å². The lowest BCUT2D eigenvalue weighted by Crippen LogP contribution is -2.65. The minimum Gasteiger partial charge on any atom is -0.507 e. The maximum absolute atomic E-state index is 11.2. The van der Waals surface area contributed by atoms with Crippen LogP contribution in [0.1, 0.15) is 16.7 Å². The number of carbonyl (C=O) groups excluding carboxylic acids is 1. The van der Waals surface area contributed by atoms with Crippen molar-refractivity contribution in [2.24, 2.45) is 0 Å². The quantitative estimate of drug-likeness (QED) is 0.0505. The number of carbonyl (C=O) groups is 1. The molecule has 0 amide bonds. The van der Waals surface area contributed by atoms with Gasteiger partial charge in [-0.2, -0.15) is 0 Å². The number of aliphatic hydroxyl groups is 7. The van der Waals surface area contributed by atoms with E-state index in [0.717, 1.165) is 14.2 Å². The maximum atomic E-state index is 11.2. The number of ether oxygens (including phenoxy) is 3. The van der Waals surface area contributed by atoms with Gasteiger partial charge in [0.15, 0.2) is 18.1 Å². The Morgan fingerprint density at radius 1 is 0.833 bits per heavy atom. The molecule has 0 atom stereocenters. The van der Waals surface area contributed by atoms with Gasteiger partial charge in [0.1, 0.15) is 11.5 Å². The highest BCUT2D eigenvalue weighted by atomic mass is 16.7. The van der Waals surface area contributed by atoms with Crippen LogP contribution in [-0.2, 0) is 21.6 Å². The summed E-state index contributed by atoms with van der Waals surface area (Å²) in [7, 11) is 1.92. The number of rotatable bonds is 9. The molecule has 0 bridgehead atoms. The highest BCUT2D eigenvalue weighted by Gasteiger charge is 2.66. The van der Waals surface area contributed by atoms with Crippen molar-refractivity contribution in [1.29, 1.82) is 0 Å². The SMILES string of the molecule is COC(=O)COc1cc(N)c(Cc2c(O)c(O)c(OC)c(C(O)(C(O)(O)O)C(O)(O)O)c2O)c(N)c1. The highest BCUT2D eigenvalue weighted by Crippen LogP contribution is 2.55. The minimum atomic E-state index is -4.59. The smallest absolute Gasteiger partial charge is 0.343 e. The van der Waals surface area contributed by atoms with Gasteiger partial charge in [0, 0.05) is 41.1 Å². The van der Waals surface area contributed by atoms with E-state index >= 15 is 0 Å². The molecule has 2 aromatic rings. The van der Waals surface area contributed by atoms with Gasteiger partial charge >= 0.3 is 17.9 Å². The third kappa shape index (κ3) is 4.82. The zero-order valence-electron chi connectivity index (χ0n) is 18.8. The van der Waals surface area contributed by atoms with Gasteiger partial charge in [-0.25, -0.2) is 4.79 Å². The van der Waals surface area contributed by atoms with E-state index in [9.17, 15) is 55.9 Å². The third-order valence-electron chi connectivity index (χ3n) is 5.24. The molecule has 14 N–H and O–H groups in total. The molecule has 0 unspecified atom stereocenters. The average molecular weight is 518 g/mol. The second kappa shape index (κ2) is 9.70. The van der Waals surface area contributed by atoms with E-state index in [-0.39, 0.29) is 22.7 Å². The normalized spacial score (nSPS) is 12.4. The van der Waals surface area contributed by atoms with Crippen LogP contribution in [0.2, 0.25) is 0 Å². The molecule has 0 aliphatic heterocycles. The van der Waals surface area contributed by atoms with Crippen LogP contribution in [0.4, 0.5) is 11.4 Å². The monoisotopic (exact) mass is 518 g/mol. The van der Waals surface area contributed by atoms with E-state index in [0.29, 0.717) is 0 Å². The number of phenols is 3. The van der Waals surface area contributed by atoms with Crippen molar-refractivity contribution in [3.63, 3.8) is 0 Å². The Bertz CT molecular complexity index is 1120. The van der Waals surface area contributed by atoms with Crippen LogP contribution in [0, 0.1) is 0 Å². The number of esters is 1. The largest absolute Gasteiger partial charge is 0.507 e. The molecule has 0 aliphatic carbocycles. The molecule has 16 nitrogen and oxygen atoms in total. The third-order valence-corrected chi connectivity index (χ3v) is 5.24. The Hall–Kier alpha value is -3.77. The second-order valence-corrected chi connectivity index (χ2v) is 7.54. The van der Waals surface area contributed by atoms with Gasteiger partial charge in [-0.05, 0) is 0 Å². The molecule has 0 saturated carbocycles. The zero-order chi connectivity index (χ0) is 27.8. The lowest BCUT2D eigenvalue weighted by Gasteiger charge is -2.41. The van der Waals surface area contributed by atoms with E-state index in [1.54, 1.807) is 0 Å². The van der Waals surface area contributed by atoms with Crippen molar-refractivity contribution in [3.8, 4) is 28.7 Å². The van der Waals surface area contributed by atoms with Crippen molar-refractivity contribution in [3.05, 3.63) is 28.8 Å². The van der Waals surface area contributed by atoms with Crippen molar-refractivity contribution < 1.29 is 70.1 Å². The number of benzene rings is 2. The Labute approximate surface area is 202 Å². The molecule has 0 aliphatic rings. The summed E-state index contributed by atoms with van der Waals surface area (Å²) in [5, 5.41) is 99.9. The molecule has 0 radical (unpaired) electrons. The number of anilines is 2. The second-order valence-electron chi connectivity index (χ2n) is 7.54. The summed E-state index contributed by atoms with van der Waals surface area (Å²) in [6.07, 6.45) is -0.683. The predicted molar refractivity (Wildman–Crippen MR) is 116 cm³/mol. The number of hydrogen-bond acceptors (Lipinski definition) is 16. The van der Waals surface area contributed by atoms with Crippen LogP contribution in [0.3, 0.4) is 0 Å². The lowest BCUT2D eigenvalue weighted by atomic mass is 9.83. The molecule has 2 aromatic carbocycles. The van der Waals surface area contributed by atoms with Crippen molar-refractivity contribution in [2.45, 2.75) is 24.0 Å². The number of phenolic OH excluding ortho intramolecular Hbond substituents is 3. The van der Waals surface area contributed by atoms with E-state index in [1.807, 2.05) is 0 Å². The van der Waals surface area contributed by atoms with E-state index < -0.39 is 70.7 Å². The van der Waals surface area contributed by atoms with Crippen LogP contribution < -0.4 is 20.9 Å². The molecule has 0 fully saturated rings. The summed E-state index contributed by atoms with van der Waals surface area (Å²) in [5.41, 5.74) is 4.86. The fourth-order valence-corrected chi connectivity index (χ4v) is 3.36. The maximum Gasteiger partial charge on any atom is 0.343 e. The van der Waals surface area contributed by atoms with Crippen molar-refractivity contribution >= 4 is 17.3 Å². The summed E-state index contributed by atoms with van der Waals surface area (Å²) >= 11 is 0. The molecule has 0 aromatic heterocycles. The number of nitrogens with two attached hydrogens (primary N) is 2. The molecule has 0 saturated heterocycles. The highest BCUT2D eigenvalue weighted by molar-refractivity contribution is 5.73. The fraction of sp³-hybridized carbons (Fsp3) is 0.350. The van der Waals surface area contributed by atoms with Gasteiger partial charge in [-0.15, -0.1) is 0 Å². The first kappa shape index (κ1) is 28.5. The molecule has 0 heterocycles. The first-order valence-electron chi connectivity index (χ1n) is 9.70. The summed E-state index contributed by atoms with van der Waals surface area (Å²) in [4.78, 5) is 11.2. The first-order chi connectivity index (χ1) is 16.4. The fourth-order valence-electron chi connectivity index (χ4n) is 3.36. The topological polar surface area (TPSA) is 299 Å². The van der Waals surface area contributed by atoms with Crippen LogP contribution >= 0.6 is 0 Å². The summed E-state index contributed by atoms with van der Waals surface area (Å²) in [6, 6.07) is 2.40. The number of nitrogen functional groups attached to an aromatic ring is 2. The summed E-state index contributed by atoms with van der Waals surface area (Å²) in [6.45, 7) is -0.485. The predicted octanol–water partition coefficient (Wildman–Crippen LogP) is -3.43. The van der Waals surface area contributed by atoms with Gasteiger partial charge in [-0.1, -0.05) is 0 Å². The minimum absolute atomic E-state index is 0.0245. The Morgan fingerprint density at radius 2 is 1.33 bits per heavy atom. The Kier molecular flexibility index (Phi) is 7.67. The summed E-state index contributed by atoms with van der Waals surface area (Å²) in [5.74, 6) is -14.9. The van der Waals surface area contributed by atoms with E-state index in [2.05, 4.69) is 4.74 Å². The summed E-state index contributed by atoms with van der Waals surface area (Å²) < 4.78 is 14.3. The first-order valence-corrected chi connectivity index (χ1v) is 9.70. The van der Waals surface area contributed by atoms with Gasteiger partial charge in [0.25, 0.3) is 5.60 Å².